The standard InChI is InChI=1S/C17H18N2O3/c20-16(18-10-12-5-2-1-3-6-12)14-9-15(14)17(21)19-11-13-7-4-8-22-13/h1-8,14-15H,9-11H2,(H,18,20)(H,19,21). The molecule has 3 rings (SSSR count). The third-order valence-corrected chi connectivity index (χ3v) is 3.79. The van der Waals surface area contributed by atoms with Gasteiger partial charge in [-0.15, -0.1) is 0 Å². The fourth-order valence-corrected chi connectivity index (χ4v) is 2.41. The second-order valence-electron chi connectivity index (χ2n) is 5.45. The normalized spacial score (nSPS) is 19.5. The summed E-state index contributed by atoms with van der Waals surface area (Å²) in [5.41, 5.74) is 1.05. The van der Waals surface area contributed by atoms with Crippen LogP contribution in [0.4, 0.5) is 0 Å². The van der Waals surface area contributed by atoms with Crippen LogP contribution in [0.2, 0.25) is 0 Å². The van der Waals surface area contributed by atoms with Gasteiger partial charge >= 0.3 is 0 Å². The SMILES string of the molecule is O=C(NCc1ccccc1)C1CC1C(=O)NCc1ccco1. The summed E-state index contributed by atoms with van der Waals surface area (Å²) in [5.74, 6) is 0.142. The molecule has 1 aliphatic rings. The molecule has 5 heteroatoms. The van der Waals surface area contributed by atoms with Crippen molar-refractivity contribution < 1.29 is 14.0 Å². The van der Waals surface area contributed by atoms with Crippen molar-refractivity contribution in [1.82, 2.24) is 10.6 Å². The summed E-state index contributed by atoms with van der Waals surface area (Å²) in [4.78, 5) is 24.0. The first-order valence-electron chi connectivity index (χ1n) is 7.36. The predicted octanol–water partition coefficient (Wildman–Crippen LogP) is 1.85. The molecule has 0 saturated heterocycles. The van der Waals surface area contributed by atoms with Crippen LogP contribution < -0.4 is 10.6 Å². The van der Waals surface area contributed by atoms with Gasteiger partial charge in [0.15, 0.2) is 0 Å². The van der Waals surface area contributed by atoms with Gasteiger partial charge in [0.05, 0.1) is 24.6 Å². The zero-order valence-corrected chi connectivity index (χ0v) is 12.1. The van der Waals surface area contributed by atoms with Gasteiger partial charge in [-0.1, -0.05) is 30.3 Å². The van der Waals surface area contributed by atoms with Crippen LogP contribution in [0.1, 0.15) is 17.7 Å². The summed E-state index contributed by atoms with van der Waals surface area (Å²) in [5, 5.41) is 5.67. The highest BCUT2D eigenvalue weighted by atomic mass is 16.3. The lowest BCUT2D eigenvalue weighted by Crippen LogP contribution is -2.29. The van der Waals surface area contributed by atoms with Gasteiger partial charge < -0.3 is 15.1 Å². The monoisotopic (exact) mass is 298 g/mol. The molecule has 0 spiro atoms. The fraction of sp³-hybridized carbons (Fsp3) is 0.294. The van der Waals surface area contributed by atoms with E-state index in [1.54, 1.807) is 18.4 Å². The zero-order chi connectivity index (χ0) is 15.4. The summed E-state index contributed by atoms with van der Waals surface area (Å²) in [7, 11) is 0. The van der Waals surface area contributed by atoms with E-state index in [0.717, 1.165) is 5.56 Å². The van der Waals surface area contributed by atoms with Crippen LogP contribution in [-0.2, 0) is 22.7 Å². The lowest BCUT2D eigenvalue weighted by atomic mass is 10.2. The lowest BCUT2D eigenvalue weighted by molar-refractivity contribution is -0.127. The molecule has 1 heterocycles. The molecule has 2 unspecified atom stereocenters. The number of amides is 2. The van der Waals surface area contributed by atoms with Gasteiger partial charge in [0.2, 0.25) is 11.8 Å². The van der Waals surface area contributed by atoms with Crippen molar-refractivity contribution >= 4 is 11.8 Å². The maximum absolute atomic E-state index is 12.0. The van der Waals surface area contributed by atoms with Gasteiger partial charge in [0, 0.05) is 6.54 Å². The van der Waals surface area contributed by atoms with Gasteiger partial charge in [-0.25, -0.2) is 0 Å². The Morgan fingerprint density at radius 2 is 1.64 bits per heavy atom. The molecule has 2 N–H and O–H groups in total. The highest BCUT2D eigenvalue weighted by Gasteiger charge is 2.47. The maximum atomic E-state index is 12.0. The van der Waals surface area contributed by atoms with E-state index < -0.39 is 0 Å². The molecule has 2 atom stereocenters. The van der Waals surface area contributed by atoms with E-state index >= 15 is 0 Å². The van der Waals surface area contributed by atoms with Crippen molar-refractivity contribution in [3.63, 3.8) is 0 Å². The van der Waals surface area contributed by atoms with Crippen molar-refractivity contribution in [2.75, 3.05) is 0 Å². The van der Waals surface area contributed by atoms with Crippen LogP contribution >= 0.6 is 0 Å². The van der Waals surface area contributed by atoms with Crippen LogP contribution in [0.5, 0.6) is 0 Å². The molecule has 0 radical (unpaired) electrons. The second kappa shape index (κ2) is 6.47. The predicted molar refractivity (Wildman–Crippen MR) is 80.4 cm³/mol. The minimum Gasteiger partial charge on any atom is -0.467 e. The van der Waals surface area contributed by atoms with E-state index in [4.69, 9.17) is 4.42 Å². The molecule has 1 saturated carbocycles. The van der Waals surface area contributed by atoms with E-state index in [1.807, 2.05) is 30.3 Å². The molecule has 1 aromatic carbocycles. The van der Waals surface area contributed by atoms with E-state index in [1.165, 1.54) is 0 Å². The van der Waals surface area contributed by atoms with Crippen LogP contribution in [0, 0.1) is 11.8 Å². The quantitative estimate of drug-likeness (QED) is 0.855. The van der Waals surface area contributed by atoms with E-state index in [2.05, 4.69) is 10.6 Å². The number of benzene rings is 1. The van der Waals surface area contributed by atoms with Gasteiger partial charge in [0.1, 0.15) is 5.76 Å². The smallest absolute Gasteiger partial charge is 0.224 e. The Balaban J connectivity index is 1.41. The zero-order valence-electron chi connectivity index (χ0n) is 12.1. The first-order chi connectivity index (χ1) is 10.7. The first kappa shape index (κ1) is 14.4. The molecule has 0 bridgehead atoms. The van der Waals surface area contributed by atoms with Crippen molar-refractivity contribution in [3.05, 3.63) is 60.1 Å². The number of nitrogens with one attached hydrogen (secondary N) is 2. The molecular formula is C17H18N2O3. The van der Waals surface area contributed by atoms with Gasteiger partial charge in [-0.3, -0.25) is 9.59 Å². The van der Waals surface area contributed by atoms with Crippen LogP contribution in [0.15, 0.2) is 53.1 Å². The maximum Gasteiger partial charge on any atom is 0.224 e. The van der Waals surface area contributed by atoms with Gasteiger partial charge in [0.25, 0.3) is 0 Å². The number of hydrogen-bond acceptors (Lipinski definition) is 3. The Labute approximate surface area is 128 Å². The Bertz CT molecular complexity index is 637. The molecule has 1 aliphatic carbocycles. The third kappa shape index (κ3) is 3.55. The van der Waals surface area contributed by atoms with E-state index in [-0.39, 0.29) is 23.7 Å². The Morgan fingerprint density at radius 3 is 2.27 bits per heavy atom. The molecule has 0 aliphatic heterocycles. The average Bonchev–Trinajstić information content (AvgIpc) is 3.19. The molecule has 2 amide bonds. The van der Waals surface area contributed by atoms with Gasteiger partial charge in [-0.2, -0.15) is 0 Å². The summed E-state index contributed by atoms with van der Waals surface area (Å²) in [6.07, 6.45) is 2.18. The van der Waals surface area contributed by atoms with Crippen molar-refractivity contribution in [1.29, 1.82) is 0 Å². The summed E-state index contributed by atoms with van der Waals surface area (Å²) >= 11 is 0. The summed E-state index contributed by atoms with van der Waals surface area (Å²) in [6.45, 7) is 0.859. The van der Waals surface area contributed by atoms with Crippen molar-refractivity contribution in [2.45, 2.75) is 19.5 Å². The summed E-state index contributed by atoms with van der Waals surface area (Å²) in [6, 6.07) is 13.3. The topological polar surface area (TPSA) is 71.3 Å². The minimum absolute atomic E-state index is 0.0537. The number of rotatable bonds is 6. The van der Waals surface area contributed by atoms with Gasteiger partial charge in [-0.05, 0) is 24.1 Å². The van der Waals surface area contributed by atoms with Crippen molar-refractivity contribution in [2.24, 2.45) is 11.8 Å². The molecular weight excluding hydrogens is 280 g/mol. The highest BCUT2D eigenvalue weighted by molar-refractivity contribution is 5.92. The molecule has 114 valence electrons. The largest absolute Gasteiger partial charge is 0.467 e. The van der Waals surface area contributed by atoms with Crippen LogP contribution in [0.3, 0.4) is 0 Å². The second-order valence-corrected chi connectivity index (χ2v) is 5.45. The van der Waals surface area contributed by atoms with Crippen molar-refractivity contribution in [3.8, 4) is 0 Å². The number of carbonyl (C=O) groups excluding carboxylic acids is 2. The number of carbonyl (C=O) groups is 2. The van der Waals surface area contributed by atoms with Crippen LogP contribution in [0.25, 0.3) is 0 Å². The number of hydrogen-bond donors (Lipinski definition) is 2. The minimum atomic E-state index is -0.217. The highest BCUT2D eigenvalue weighted by Crippen LogP contribution is 2.38. The third-order valence-electron chi connectivity index (χ3n) is 3.79. The fourth-order valence-electron chi connectivity index (χ4n) is 2.41. The average molecular weight is 298 g/mol. The summed E-state index contributed by atoms with van der Waals surface area (Å²) < 4.78 is 5.15. The Kier molecular flexibility index (Phi) is 4.23. The lowest BCUT2D eigenvalue weighted by Gasteiger charge is -2.05. The Hall–Kier alpha value is -2.56. The van der Waals surface area contributed by atoms with Crippen LogP contribution in [-0.4, -0.2) is 11.8 Å². The van der Waals surface area contributed by atoms with E-state index in [9.17, 15) is 9.59 Å². The number of furan rings is 1. The Morgan fingerprint density at radius 1 is 0.955 bits per heavy atom. The molecule has 1 aromatic heterocycles. The van der Waals surface area contributed by atoms with E-state index in [0.29, 0.717) is 25.3 Å². The molecule has 1 fully saturated rings. The molecule has 2 aromatic rings. The molecule has 5 nitrogen and oxygen atoms in total. The molecule has 22 heavy (non-hydrogen) atoms. The first-order valence-corrected chi connectivity index (χ1v) is 7.36.